The van der Waals surface area contributed by atoms with Crippen molar-refractivity contribution in [2.24, 2.45) is 0 Å². The molecular formula is C7H15O2PS3. The molecule has 1 saturated heterocycles. The molecule has 1 aliphatic rings. The number of rotatable bonds is 7. The maximum atomic E-state index is 5.51. The quantitative estimate of drug-likeness (QED) is 0.514. The van der Waals surface area contributed by atoms with Gasteiger partial charge in [0, 0.05) is 16.8 Å². The molecule has 0 spiro atoms. The summed E-state index contributed by atoms with van der Waals surface area (Å²) in [6.07, 6.45) is 0. The maximum Gasteiger partial charge on any atom is 0.247 e. The molecule has 1 heterocycles. The van der Waals surface area contributed by atoms with E-state index in [1.165, 1.54) is 5.75 Å². The normalized spacial score (nSPS) is 21.8. The molecule has 1 aliphatic heterocycles. The molecule has 0 saturated carbocycles. The molecule has 2 nitrogen and oxygen atoms in total. The lowest BCUT2D eigenvalue weighted by Crippen LogP contribution is -1.95. The predicted molar refractivity (Wildman–Crippen MR) is 66.2 cm³/mol. The Kier molecular flexibility index (Phi) is 5.68. The lowest BCUT2D eigenvalue weighted by atomic mass is 10.6. The molecule has 0 aromatic rings. The van der Waals surface area contributed by atoms with Gasteiger partial charge in [0.25, 0.3) is 0 Å². The van der Waals surface area contributed by atoms with Crippen LogP contribution >= 0.6 is 28.8 Å². The molecule has 0 bridgehead atoms. The van der Waals surface area contributed by atoms with Gasteiger partial charge in [-0.25, -0.2) is 0 Å². The Morgan fingerprint density at radius 1 is 1.46 bits per heavy atom. The molecule has 0 aromatic heterocycles. The van der Waals surface area contributed by atoms with Crippen LogP contribution < -0.4 is 0 Å². The van der Waals surface area contributed by atoms with Crippen molar-refractivity contribution in [2.45, 2.75) is 19.1 Å². The fraction of sp³-hybridized carbons (Fsp3) is 1.00. The van der Waals surface area contributed by atoms with Crippen LogP contribution in [0.25, 0.3) is 0 Å². The summed E-state index contributed by atoms with van der Waals surface area (Å²) in [6.45, 7) is 5.24. The zero-order valence-electron chi connectivity index (χ0n) is 7.89. The van der Waals surface area contributed by atoms with Crippen LogP contribution in [-0.4, -0.2) is 30.0 Å². The van der Waals surface area contributed by atoms with E-state index in [0.717, 1.165) is 11.0 Å². The summed E-state index contributed by atoms with van der Waals surface area (Å²) in [6, 6.07) is 0. The highest BCUT2D eigenvalue weighted by atomic mass is 32.9. The second kappa shape index (κ2) is 5.99. The molecular weight excluding hydrogens is 243 g/mol. The highest BCUT2D eigenvalue weighted by Gasteiger charge is 2.27. The first-order chi connectivity index (χ1) is 6.20. The molecule has 13 heavy (non-hydrogen) atoms. The molecule has 0 amide bonds. The van der Waals surface area contributed by atoms with Crippen molar-refractivity contribution < 1.29 is 9.05 Å². The van der Waals surface area contributed by atoms with Crippen molar-refractivity contribution in [3.8, 4) is 0 Å². The summed E-state index contributed by atoms with van der Waals surface area (Å²) in [7, 11) is 0. The largest absolute Gasteiger partial charge is 0.322 e. The first-order valence-corrected chi connectivity index (χ1v) is 9.63. The molecule has 0 N–H and O–H groups in total. The Labute approximate surface area is 93.4 Å². The average molecular weight is 258 g/mol. The van der Waals surface area contributed by atoms with E-state index >= 15 is 0 Å². The molecule has 1 fully saturated rings. The Morgan fingerprint density at radius 3 is 2.38 bits per heavy atom. The standard InChI is InChI=1S/C7H15O2PS3/c1-3-8-10(11,9-4-2)13-6-7-5-12-7/h7H,3-6H2,1-2H3. The van der Waals surface area contributed by atoms with Gasteiger partial charge in [0.15, 0.2) is 0 Å². The summed E-state index contributed by atoms with van der Waals surface area (Å²) in [5, 5.41) is 0.799. The fourth-order valence-corrected chi connectivity index (χ4v) is 6.73. The van der Waals surface area contributed by atoms with Crippen molar-refractivity contribution in [3.63, 3.8) is 0 Å². The Hall–Kier alpha value is 1.27. The van der Waals surface area contributed by atoms with Gasteiger partial charge >= 0.3 is 0 Å². The van der Waals surface area contributed by atoms with Crippen LogP contribution in [0.2, 0.25) is 0 Å². The predicted octanol–water partition coefficient (Wildman–Crippen LogP) is 3.13. The minimum atomic E-state index is -2.00. The molecule has 1 unspecified atom stereocenters. The monoisotopic (exact) mass is 258 g/mol. The second-order valence-corrected chi connectivity index (χ2v) is 10.2. The zero-order valence-corrected chi connectivity index (χ0v) is 11.2. The van der Waals surface area contributed by atoms with Gasteiger partial charge in [0.2, 0.25) is 5.69 Å². The van der Waals surface area contributed by atoms with Crippen LogP contribution in [0.3, 0.4) is 0 Å². The Balaban J connectivity index is 2.29. The van der Waals surface area contributed by atoms with E-state index in [2.05, 4.69) is 0 Å². The first-order valence-electron chi connectivity index (χ1n) is 4.35. The van der Waals surface area contributed by atoms with Crippen LogP contribution in [-0.2, 0) is 20.9 Å². The number of hydrogen-bond acceptors (Lipinski definition) is 5. The van der Waals surface area contributed by atoms with Crippen LogP contribution in [0.1, 0.15) is 13.8 Å². The van der Waals surface area contributed by atoms with E-state index in [9.17, 15) is 0 Å². The SMILES string of the molecule is CCOP(=S)(OCC)SCC1CS1. The lowest BCUT2D eigenvalue weighted by molar-refractivity contribution is 0.280. The highest BCUT2D eigenvalue weighted by molar-refractivity contribution is 8.68. The van der Waals surface area contributed by atoms with Gasteiger partial charge < -0.3 is 9.05 Å². The van der Waals surface area contributed by atoms with Crippen LogP contribution in [0.5, 0.6) is 0 Å². The molecule has 1 rings (SSSR count). The van der Waals surface area contributed by atoms with Gasteiger partial charge in [-0.05, 0) is 25.7 Å². The van der Waals surface area contributed by atoms with Gasteiger partial charge in [0.05, 0.1) is 13.2 Å². The first kappa shape index (κ1) is 12.3. The summed E-state index contributed by atoms with van der Waals surface area (Å²) in [5.41, 5.74) is -2.00. The van der Waals surface area contributed by atoms with E-state index in [4.69, 9.17) is 20.9 Å². The smallest absolute Gasteiger partial charge is 0.247 e. The molecule has 78 valence electrons. The maximum absolute atomic E-state index is 5.51. The molecule has 0 aromatic carbocycles. The van der Waals surface area contributed by atoms with Crippen LogP contribution in [0, 0.1) is 0 Å². The number of thioether (sulfide) groups is 1. The van der Waals surface area contributed by atoms with E-state index in [-0.39, 0.29) is 0 Å². The van der Waals surface area contributed by atoms with Gasteiger partial charge in [-0.3, -0.25) is 0 Å². The third-order valence-electron chi connectivity index (χ3n) is 1.40. The van der Waals surface area contributed by atoms with Crippen molar-refractivity contribution in [1.82, 2.24) is 0 Å². The summed E-state index contributed by atoms with van der Waals surface area (Å²) in [5.74, 6) is 2.36. The van der Waals surface area contributed by atoms with Crippen LogP contribution in [0.15, 0.2) is 0 Å². The number of hydrogen-bond donors (Lipinski definition) is 0. The molecule has 1 atom stereocenters. The van der Waals surface area contributed by atoms with Crippen molar-refractivity contribution in [3.05, 3.63) is 0 Å². The van der Waals surface area contributed by atoms with E-state index in [1.54, 1.807) is 11.4 Å². The summed E-state index contributed by atoms with van der Waals surface area (Å²) < 4.78 is 11.0. The molecule has 0 radical (unpaired) electrons. The second-order valence-electron chi connectivity index (χ2n) is 2.53. The molecule has 6 heteroatoms. The highest BCUT2D eigenvalue weighted by Crippen LogP contribution is 2.62. The van der Waals surface area contributed by atoms with Gasteiger partial charge in [-0.2, -0.15) is 11.8 Å². The minimum absolute atomic E-state index is 0.655. The topological polar surface area (TPSA) is 18.5 Å². The van der Waals surface area contributed by atoms with Gasteiger partial charge in [-0.1, -0.05) is 11.4 Å². The Bertz CT molecular complexity index is 186. The van der Waals surface area contributed by atoms with E-state index in [1.807, 2.05) is 25.6 Å². The Morgan fingerprint density at radius 2 is 2.00 bits per heavy atom. The van der Waals surface area contributed by atoms with Crippen molar-refractivity contribution in [2.75, 3.05) is 24.7 Å². The van der Waals surface area contributed by atoms with Crippen molar-refractivity contribution >= 4 is 40.6 Å². The average Bonchev–Trinajstić information content (AvgIpc) is 2.85. The lowest BCUT2D eigenvalue weighted by Gasteiger charge is -2.19. The minimum Gasteiger partial charge on any atom is -0.322 e. The zero-order chi connectivity index (χ0) is 9.73. The third kappa shape index (κ3) is 5.05. The summed E-state index contributed by atoms with van der Waals surface area (Å²) >= 11 is 9.06. The van der Waals surface area contributed by atoms with E-state index < -0.39 is 5.69 Å². The van der Waals surface area contributed by atoms with Gasteiger partial charge in [0.1, 0.15) is 0 Å². The van der Waals surface area contributed by atoms with Crippen molar-refractivity contribution in [1.29, 1.82) is 0 Å². The van der Waals surface area contributed by atoms with E-state index in [0.29, 0.717) is 13.2 Å². The van der Waals surface area contributed by atoms with Gasteiger partial charge in [-0.15, -0.1) is 0 Å². The fourth-order valence-electron chi connectivity index (χ4n) is 0.767. The van der Waals surface area contributed by atoms with Crippen LogP contribution in [0.4, 0.5) is 0 Å². The third-order valence-corrected chi connectivity index (χ3v) is 8.20. The summed E-state index contributed by atoms with van der Waals surface area (Å²) in [4.78, 5) is 0. The molecule has 0 aliphatic carbocycles.